The molecule has 2 aromatic rings. The Kier molecular flexibility index (Phi) is 7.31. The zero-order chi connectivity index (χ0) is 17.4. The number of nitrogens with one attached hydrogen (secondary N) is 3. The Balaban J connectivity index is 1.95. The minimum atomic E-state index is 0.371. The summed E-state index contributed by atoms with van der Waals surface area (Å²) in [6, 6.07) is 13.0. The van der Waals surface area contributed by atoms with Crippen molar-refractivity contribution in [2.24, 2.45) is 0 Å². The Morgan fingerprint density at radius 1 is 1.25 bits per heavy atom. The van der Waals surface area contributed by atoms with Gasteiger partial charge in [-0.25, -0.2) is 0 Å². The number of benzene rings is 2. The highest BCUT2D eigenvalue weighted by Crippen LogP contribution is 2.22. The Hall–Kier alpha value is -1.82. The van der Waals surface area contributed by atoms with E-state index in [1.807, 2.05) is 37.3 Å². The third-order valence-electron chi connectivity index (χ3n) is 3.03. The van der Waals surface area contributed by atoms with E-state index in [-0.39, 0.29) is 0 Å². The molecule has 4 nitrogen and oxygen atoms in total. The van der Waals surface area contributed by atoms with Crippen LogP contribution in [0.3, 0.4) is 0 Å². The van der Waals surface area contributed by atoms with Gasteiger partial charge < -0.3 is 10.1 Å². The zero-order valence-electron chi connectivity index (χ0n) is 13.1. The topological polar surface area (TPSA) is 47.3 Å². The molecular weight excluding hydrogens is 365 g/mol. The standard InChI is InChI=1S/C17H17Cl2N3OS/c1-2-20-17(24)22-21-10-12-4-3-5-15(8-12)23-11-13-6-7-14(18)9-16(13)19/h3-10H,2,11H2,1H3,(H2,20,22,24)/p+1. The smallest absolute Gasteiger partial charge is 0.223 e. The van der Waals surface area contributed by atoms with Gasteiger partial charge in [0.1, 0.15) is 12.4 Å². The van der Waals surface area contributed by atoms with Crippen LogP contribution in [0.15, 0.2) is 42.5 Å². The zero-order valence-corrected chi connectivity index (χ0v) is 15.4. The lowest BCUT2D eigenvalue weighted by Gasteiger charge is -2.08. The van der Waals surface area contributed by atoms with Crippen LogP contribution in [0.1, 0.15) is 18.1 Å². The van der Waals surface area contributed by atoms with Gasteiger partial charge in [-0.05, 0) is 49.5 Å². The van der Waals surface area contributed by atoms with E-state index in [1.165, 1.54) is 0 Å². The second-order valence-electron chi connectivity index (χ2n) is 4.87. The van der Waals surface area contributed by atoms with Gasteiger partial charge in [-0.1, -0.05) is 35.3 Å². The fourth-order valence-electron chi connectivity index (χ4n) is 1.88. The van der Waals surface area contributed by atoms with E-state index < -0.39 is 0 Å². The largest absolute Gasteiger partial charge is 0.489 e. The van der Waals surface area contributed by atoms with E-state index in [2.05, 4.69) is 15.8 Å². The van der Waals surface area contributed by atoms with Crippen LogP contribution in [0.2, 0.25) is 10.0 Å². The van der Waals surface area contributed by atoms with Crippen molar-refractivity contribution in [2.75, 3.05) is 6.54 Å². The third kappa shape index (κ3) is 6.00. The predicted molar refractivity (Wildman–Crippen MR) is 103 cm³/mol. The first-order valence-electron chi connectivity index (χ1n) is 7.38. The van der Waals surface area contributed by atoms with Crippen molar-refractivity contribution >= 4 is 46.7 Å². The normalized spacial score (nSPS) is 10.6. The van der Waals surface area contributed by atoms with Crippen LogP contribution >= 0.6 is 35.4 Å². The highest BCUT2D eigenvalue weighted by molar-refractivity contribution is 7.80. The number of rotatable bonds is 6. The summed E-state index contributed by atoms with van der Waals surface area (Å²) in [5, 5.41) is 7.65. The number of thiocarbonyl (C=S) groups is 1. The molecule has 0 heterocycles. The minimum Gasteiger partial charge on any atom is -0.489 e. The number of ether oxygens (including phenoxy) is 1. The van der Waals surface area contributed by atoms with E-state index in [4.69, 9.17) is 40.2 Å². The first-order valence-corrected chi connectivity index (χ1v) is 8.54. The van der Waals surface area contributed by atoms with Crippen LogP contribution in [0.4, 0.5) is 0 Å². The summed E-state index contributed by atoms with van der Waals surface area (Å²) in [5.41, 5.74) is 4.69. The van der Waals surface area contributed by atoms with Gasteiger partial charge in [-0.2, -0.15) is 0 Å². The lowest BCUT2D eigenvalue weighted by Crippen LogP contribution is -2.82. The lowest BCUT2D eigenvalue weighted by molar-refractivity contribution is -0.500. The van der Waals surface area contributed by atoms with Crippen molar-refractivity contribution in [1.29, 1.82) is 0 Å². The van der Waals surface area contributed by atoms with Crippen LogP contribution < -0.4 is 20.6 Å². The van der Waals surface area contributed by atoms with Crippen LogP contribution in [0, 0.1) is 0 Å². The summed E-state index contributed by atoms with van der Waals surface area (Å²) in [6.07, 6.45) is 1.80. The van der Waals surface area contributed by atoms with Crippen LogP contribution in [-0.2, 0) is 6.61 Å². The molecule has 0 aliphatic heterocycles. The summed E-state index contributed by atoms with van der Waals surface area (Å²) in [5.74, 6) is 0.742. The monoisotopic (exact) mass is 382 g/mol. The molecule has 0 radical (unpaired) electrons. The Morgan fingerprint density at radius 2 is 2.08 bits per heavy atom. The minimum absolute atomic E-state index is 0.371. The van der Waals surface area contributed by atoms with Crippen molar-refractivity contribution in [3.8, 4) is 5.75 Å². The SMILES string of the molecule is CCNC(=S)N[NH+]=Cc1cccc(OCc2ccc(Cl)cc2Cl)c1. The molecule has 0 aliphatic rings. The second kappa shape index (κ2) is 9.47. The highest BCUT2D eigenvalue weighted by atomic mass is 35.5. The molecule has 0 amide bonds. The maximum absolute atomic E-state index is 6.14. The number of hydrogen-bond donors (Lipinski definition) is 3. The molecule has 2 aromatic carbocycles. The van der Waals surface area contributed by atoms with E-state index in [0.29, 0.717) is 21.8 Å². The van der Waals surface area contributed by atoms with Gasteiger partial charge in [0.25, 0.3) is 0 Å². The summed E-state index contributed by atoms with van der Waals surface area (Å²) >= 11 is 17.1. The molecule has 24 heavy (non-hydrogen) atoms. The molecule has 126 valence electrons. The van der Waals surface area contributed by atoms with Gasteiger partial charge in [0.05, 0.1) is 0 Å². The molecule has 2 rings (SSSR count). The van der Waals surface area contributed by atoms with Gasteiger partial charge >= 0.3 is 0 Å². The molecule has 0 unspecified atom stereocenters. The summed E-state index contributed by atoms with van der Waals surface area (Å²) in [6.45, 7) is 3.12. The average molecular weight is 383 g/mol. The molecule has 0 spiro atoms. The maximum Gasteiger partial charge on any atom is 0.223 e. The Labute approximate surface area is 156 Å². The molecule has 0 bridgehead atoms. The fraction of sp³-hybridized carbons (Fsp3) is 0.176. The van der Waals surface area contributed by atoms with Crippen molar-refractivity contribution in [2.45, 2.75) is 13.5 Å². The van der Waals surface area contributed by atoms with Gasteiger partial charge in [-0.15, -0.1) is 10.5 Å². The quantitative estimate of drug-likeness (QED) is 0.408. The molecule has 0 fully saturated rings. The number of halogens is 2. The van der Waals surface area contributed by atoms with Crippen molar-refractivity contribution < 1.29 is 9.84 Å². The van der Waals surface area contributed by atoms with E-state index >= 15 is 0 Å². The van der Waals surface area contributed by atoms with Crippen molar-refractivity contribution in [3.05, 3.63) is 63.6 Å². The van der Waals surface area contributed by atoms with E-state index in [1.54, 1.807) is 18.3 Å². The molecule has 0 saturated heterocycles. The Bertz CT molecular complexity index is 738. The summed E-state index contributed by atoms with van der Waals surface area (Å²) < 4.78 is 5.79. The van der Waals surface area contributed by atoms with Gasteiger partial charge in [0.15, 0.2) is 6.21 Å². The molecule has 3 N–H and O–H groups in total. The summed E-state index contributed by atoms with van der Waals surface area (Å²) in [7, 11) is 0. The summed E-state index contributed by atoms with van der Waals surface area (Å²) in [4.78, 5) is 0. The van der Waals surface area contributed by atoms with Gasteiger partial charge in [-0.3, -0.25) is 0 Å². The van der Waals surface area contributed by atoms with Gasteiger partial charge in [0.2, 0.25) is 5.11 Å². The first-order chi connectivity index (χ1) is 11.6. The van der Waals surface area contributed by atoms with E-state index in [9.17, 15) is 0 Å². The van der Waals surface area contributed by atoms with Crippen LogP contribution in [0.5, 0.6) is 5.75 Å². The first kappa shape index (κ1) is 18.5. The molecule has 0 saturated carbocycles. The fourth-order valence-corrected chi connectivity index (χ4v) is 2.55. The molecular formula is C17H18Cl2N3OS+. The van der Waals surface area contributed by atoms with Crippen molar-refractivity contribution in [3.63, 3.8) is 0 Å². The molecule has 0 aliphatic carbocycles. The van der Waals surface area contributed by atoms with E-state index in [0.717, 1.165) is 23.4 Å². The van der Waals surface area contributed by atoms with Crippen LogP contribution in [0.25, 0.3) is 0 Å². The van der Waals surface area contributed by atoms with Gasteiger partial charge in [0, 0.05) is 27.7 Å². The highest BCUT2D eigenvalue weighted by Gasteiger charge is 2.03. The lowest BCUT2D eigenvalue weighted by atomic mass is 10.2. The predicted octanol–water partition coefficient (Wildman–Crippen LogP) is 2.47. The molecule has 7 heteroatoms. The molecule has 0 atom stereocenters. The number of hydrazine groups is 1. The van der Waals surface area contributed by atoms with Crippen LogP contribution in [-0.4, -0.2) is 17.9 Å². The second-order valence-corrected chi connectivity index (χ2v) is 6.12. The third-order valence-corrected chi connectivity index (χ3v) is 3.86. The molecule has 0 aromatic heterocycles. The Morgan fingerprint density at radius 3 is 2.83 bits per heavy atom. The number of hydrogen-bond acceptors (Lipinski definition) is 2. The maximum atomic E-state index is 6.14. The van der Waals surface area contributed by atoms with Crippen molar-refractivity contribution in [1.82, 2.24) is 10.7 Å². The number of hydrazone groups is 1. The average Bonchev–Trinajstić information content (AvgIpc) is 2.55.